The zero-order valence-corrected chi connectivity index (χ0v) is 7.88. The van der Waals surface area contributed by atoms with E-state index < -0.39 is 0 Å². The summed E-state index contributed by atoms with van der Waals surface area (Å²) in [5, 5.41) is 3.34. The van der Waals surface area contributed by atoms with Gasteiger partial charge in [-0.05, 0) is 38.8 Å². The molecule has 2 nitrogen and oxygen atoms in total. The fourth-order valence-electron chi connectivity index (χ4n) is 1.40. The molecule has 1 atom stereocenters. The van der Waals surface area contributed by atoms with Gasteiger partial charge < -0.3 is 10.1 Å². The van der Waals surface area contributed by atoms with Crippen LogP contribution in [-0.2, 0) is 4.74 Å². The Kier molecular flexibility index (Phi) is 4.33. The molecule has 1 aliphatic rings. The largest absolute Gasteiger partial charge is 0.374 e. The third-order valence-corrected chi connectivity index (χ3v) is 2.39. The molecule has 0 bridgehead atoms. The Morgan fingerprint density at radius 3 is 2.83 bits per heavy atom. The molecule has 0 aliphatic carbocycles. The molecule has 1 N–H and O–H groups in total. The molecule has 1 unspecified atom stereocenters. The van der Waals surface area contributed by atoms with E-state index in [0.29, 0.717) is 0 Å². The SMILES string of the molecule is C=CC(C)OCC1CCNCC1. The topological polar surface area (TPSA) is 21.3 Å². The molecular formula is C10H19NO. The first kappa shape index (κ1) is 9.75. The van der Waals surface area contributed by atoms with Gasteiger partial charge in [-0.15, -0.1) is 6.58 Å². The Hall–Kier alpha value is -0.340. The first-order valence-corrected chi connectivity index (χ1v) is 4.78. The smallest absolute Gasteiger partial charge is 0.0725 e. The van der Waals surface area contributed by atoms with Crippen LogP contribution in [0.15, 0.2) is 12.7 Å². The fraction of sp³-hybridized carbons (Fsp3) is 0.800. The zero-order chi connectivity index (χ0) is 8.81. The lowest BCUT2D eigenvalue weighted by atomic mass is 9.99. The van der Waals surface area contributed by atoms with E-state index in [9.17, 15) is 0 Å². The highest BCUT2D eigenvalue weighted by molar-refractivity contribution is 4.76. The molecule has 0 aromatic carbocycles. The summed E-state index contributed by atoms with van der Waals surface area (Å²) in [4.78, 5) is 0. The summed E-state index contributed by atoms with van der Waals surface area (Å²) in [5.74, 6) is 0.758. The van der Waals surface area contributed by atoms with E-state index in [-0.39, 0.29) is 6.10 Å². The monoisotopic (exact) mass is 169 g/mol. The number of piperidine rings is 1. The maximum Gasteiger partial charge on any atom is 0.0725 e. The Morgan fingerprint density at radius 1 is 1.58 bits per heavy atom. The van der Waals surface area contributed by atoms with Crippen LogP contribution in [0, 0.1) is 5.92 Å². The molecule has 0 saturated carbocycles. The van der Waals surface area contributed by atoms with E-state index in [1.54, 1.807) is 0 Å². The van der Waals surface area contributed by atoms with Crippen LogP contribution in [0.1, 0.15) is 19.8 Å². The highest BCUT2D eigenvalue weighted by Gasteiger charge is 2.13. The molecular weight excluding hydrogens is 150 g/mol. The number of ether oxygens (including phenoxy) is 1. The van der Waals surface area contributed by atoms with Crippen molar-refractivity contribution < 1.29 is 4.74 Å². The average Bonchev–Trinajstić information content (AvgIpc) is 2.16. The molecule has 0 spiro atoms. The number of rotatable bonds is 4. The van der Waals surface area contributed by atoms with Crippen LogP contribution in [0.3, 0.4) is 0 Å². The number of nitrogens with one attached hydrogen (secondary N) is 1. The fourth-order valence-corrected chi connectivity index (χ4v) is 1.40. The predicted molar refractivity (Wildman–Crippen MR) is 51.2 cm³/mol. The third-order valence-electron chi connectivity index (χ3n) is 2.39. The van der Waals surface area contributed by atoms with E-state index in [2.05, 4.69) is 11.9 Å². The second-order valence-electron chi connectivity index (χ2n) is 3.47. The van der Waals surface area contributed by atoms with Gasteiger partial charge in [-0.1, -0.05) is 6.08 Å². The number of hydrogen-bond acceptors (Lipinski definition) is 2. The second-order valence-corrected chi connectivity index (χ2v) is 3.47. The molecule has 1 saturated heterocycles. The van der Waals surface area contributed by atoms with Crippen LogP contribution in [0.4, 0.5) is 0 Å². The van der Waals surface area contributed by atoms with Crippen LogP contribution in [0.2, 0.25) is 0 Å². The minimum absolute atomic E-state index is 0.208. The van der Waals surface area contributed by atoms with Crippen molar-refractivity contribution >= 4 is 0 Å². The van der Waals surface area contributed by atoms with Crippen molar-refractivity contribution in [2.75, 3.05) is 19.7 Å². The van der Waals surface area contributed by atoms with Crippen molar-refractivity contribution in [3.63, 3.8) is 0 Å². The standard InChI is InChI=1S/C10H19NO/c1-3-9(2)12-8-10-4-6-11-7-5-10/h3,9-11H,1,4-8H2,2H3. The molecule has 12 heavy (non-hydrogen) atoms. The Balaban J connectivity index is 2.08. The van der Waals surface area contributed by atoms with Gasteiger partial charge in [0.15, 0.2) is 0 Å². The average molecular weight is 169 g/mol. The molecule has 0 aromatic rings. The predicted octanol–water partition coefficient (Wildman–Crippen LogP) is 1.58. The van der Waals surface area contributed by atoms with Crippen molar-refractivity contribution in [3.8, 4) is 0 Å². The second kappa shape index (κ2) is 5.33. The maximum absolute atomic E-state index is 5.58. The molecule has 1 heterocycles. The van der Waals surface area contributed by atoms with Crippen molar-refractivity contribution in [1.29, 1.82) is 0 Å². The van der Waals surface area contributed by atoms with E-state index in [1.165, 1.54) is 12.8 Å². The first-order chi connectivity index (χ1) is 5.83. The lowest BCUT2D eigenvalue weighted by molar-refractivity contribution is 0.0584. The summed E-state index contributed by atoms with van der Waals surface area (Å²) in [6.07, 6.45) is 4.56. The summed E-state index contributed by atoms with van der Waals surface area (Å²) in [6.45, 7) is 8.92. The highest BCUT2D eigenvalue weighted by atomic mass is 16.5. The van der Waals surface area contributed by atoms with E-state index >= 15 is 0 Å². The van der Waals surface area contributed by atoms with E-state index in [1.807, 2.05) is 13.0 Å². The molecule has 70 valence electrons. The normalized spacial score (nSPS) is 22.1. The van der Waals surface area contributed by atoms with Gasteiger partial charge in [0.1, 0.15) is 0 Å². The van der Waals surface area contributed by atoms with Crippen LogP contribution >= 0.6 is 0 Å². The van der Waals surface area contributed by atoms with Gasteiger partial charge in [0.2, 0.25) is 0 Å². The van der Waals surface area contributed by atoms with Crippen LogP contribution in [-0.4, -0.2) is 25.8 Å². The van der Waals surface area contributed by atoms with Gasteiger partial charge in [-0.2, -0.15) is 0 Å². The quantitative estimate of drug-likeness (QED) is 0.645. The lowest BCUT2D eigenvalue weighted by Gasteiger charge is -2.23. The Morgan fingerprint density at radius 2 is 2.25 bits per heavy atom. The highest BCUT2D eigenvalue weighted by Crippen LogP contribution is 2.12. The Bertz CT molecular complexity index is 130. The van der Waals surface area contributed by atoms with Gasteiger partial charge in [-0.3, -0.25) is 0 Å². The first-order valence-electron chi connectivity index (χ1n) is 4.78. The summed E-state index contributed by atoms with van der Waals surface area (Å²) in [7, 11) is 0. The lowest BCUT2D eigenvalue weighted by Crippen LogP contribution is -2.30. The zero-order valence-electron chi connectivity index (χ0n) is 7.88. The molecule has 0 aromatic heterocycles. The minimum atomic E-state index is 0.208. The molecule has 0 radical (unpaired) electrons. The van der Waals surface area contributed by atoms with Crippen LogP contribution in [0.5, 0.6) is 0 Å². The molecule has 1 aliphatic heterocycles. The molecule has 2 heteroatoms. The van der Waals surface area contributed by atoms with Crippen LogP contribution < -0.4 is 5.32 Å². The van der Waals surface area contributed by atoms with Gasteiger partial charge in [0.25, 0.3) is 0 Å². The summed E-state index contributed by atoms with van der Waals surface area (Å²) >= 11 is 0. The number of hydrogen-bond donors (Lipinski definition) is 1. The van der Waals surface area contributed by atoms with Gasteiger partial charge in [0, 0.05) is 0 Å². The van der Waals surface area contributed by atoms with Gasteiger partial charge in [0.05, 0.1) is 12.7 Å². The van der Waals surface area contributed by atoms with Crippen molar-refractivity contribution in [1.82, 2.24) is 5.32 Å². The molecule has 0 amide bonds. The van der Waals surface area contributed by atoms with Gasteiger partial charge in [-0.25, -0.2) is 0 Å². The summed E-state index contributed by atoms with van der Waals surface area (Å²) < 4.78 is 5.58. The van der Waals surface area contributed by atoms with Gasteiger partial charge >= 0.3 is 0 Å². The maximum atomic E-state index is 5.58. The van der Waals surface area contributed by atoms with E-state index in [0.717, 1.165) is 25.6 Å². The minimum Gasteiger partial charge on any atom is -0.374 e. The molecule has 1 rings (SSSR count). The Labute approximate surface area is 75.0 Å². The van der Waals surface area contributed by atoms with Crippen molar-refractivity contribution in [2.24, 2.45) is 5.92 Å². The summed E-state index contributed by atoms with van der Waals surface area (Å²) in [6, 6.07) is 0. The van der Waals surface area contributed by atoms with Crippen molar-refractivity contribution in [2.45, 2.75) is 25.9 Å². The third kappa shape index (κ3) is 3.37. The van der Waals surface area contributed by atoms with Crippen molar-refractivity contribution in [3.05, 3.63) is 12.7 Å². The van der Waals surface area contributed by atoms with Crippen LogP contribution in [0.25, 0.3) is 0 Å². The summed E-state index contributed by atoms with van der Waals surface area (Å²) in [5.41, 5.74) is 0. The van der Waals surface area contributed by atoms with E-state index in [4.69, 9.17) is 4.74 Å². The molecule has 1 fully saturated rings.